The summed E-state index contributed by atoms with van der Waals surface area (Å²) < 4.78 is 0. The third kappa shape index (κ3) is 2.46. The highest BCUT2D eigenvalue weighted by Crippen LogP contribution is 2.32. The van der Waals surface area contributed by atoms with E-state index in [1.165, 1.54) is 0 Å². The van der Waals surface area contributed by atoms with Gasteiger partial charge in [0, 0.05) is 0 Å². The summed E-state index contributed by atoms with van der Waals surface area (Å²) in [6.45, 7) is 3.54. The van der Waals surface area contributed by atoms with Gasteiger partial charge in [-0.3, -0.25) is 4.79 Å². The Labute approximate surface area is 87.9 Å². The van der Waals surface area contributed by atoms with Gasteiger partial charge in [-0.25, -0.2) is 4.79 Å². The summed E-state index contributed by atoms with van der Waals surface area (Å²) in [7, 11) is 0. The van der Waals surface area contributed by atoms with E-state index in [9.17, 15) is 9.59 Å². The maximum Gasteiger partial charge on any atom is 0.332 e. The first-order valence-electron chi connectivity index (χ1n) is 4.86. The fourth-order valence-corrected chi connectivity index (χ4v) is 1.98. The standard InChI is InChI=1S/C11H14O4/c1-2-4-7-5-3-6-8(10(12)13)9(7)11(14)15/h2,8H,1,3-6H2,(H,12,13)(H,14,15). The van der Waals surface area contributed by atoms with Crippen LogP contribution in [0.2, 0.25) is 0 Å². The van der Waals surface area contributed by atoms with E-state index in [-0.39, 0.29) is 5.57 Å². The number of carboxylic acid groups (broad SMARTS) is 2. The van der Waals surface area contributed by atoms with Gasteiger partial charge in [0.25, 0.3) is 0 Å². The van der Waals surface area contributed by atoms with Crippen molar-refractivity contribution in [2.24, 2.45) is 5.92 Å². The molecule has 1 aliphatic carbocycles. The molecular formula is C11H14O4. The Kier molecular flexibility index (Phi) is 3.66. The number of carbonyl (C=O) groups is 2. The van der Waals surface area contributed by atoms with Crippen molar-refractivity contribution in [3.8, 4) is 0 Å². The fraction of sp³-hybridized carbons (Fsp3) is 0.455. The molecule has 0 radical (unpaired) electrons. The largest absolute Gasteiger partial charge is 0.481 e. The van der Waals surface area contributed by atoms with E-state index in [0.29, 0.717) is 24.8 Å². The van der Waals surface area contributed by atoms with Crippen LogP contribution in [0.25, 0.3) is 0 Å². The highest BCUT2D eigenvalue weighted by Gasteiger charge is 2.32. The van der Waals surface area contributed by atoms with Crippen molar-refractivity contribution >= 4 is 11.9 Å². The Bertz CT molecular complexity index is 327. The first-order valence-corrected chi connectivity index (χ1v) is 4.86. The fourth-order valence-electron chi connectivity index (χ4n) is 1.98. The van der Waals surface area contributed by atoms with Gasteiger partial charge < -0.3 is 10.2 Å². The van der Waals surface area contributed by atoms with E-state index < -0.39 is 17.9 Å². The lowest BCUT2D eigenvalue weighted by molar-refractivity contribution is -0.144. The lowest BCUT2D eigenvalue weighted by atomic mass is 9.81. The predicted molar refractivity (Wildman–Crippen MR) is 54.5 cm³/mol. The Hall–Kier alpha value is -1.58. The Morgan fingerprint density at radius 2 is 2.13 bits per heavy atom. The van der Waals surface area contributed by atoms with Gasteiger partial charge in [0.05, 0.1) is 11.5 Å². The minimum Gasteiger partial charge on any atom is -0.481 e. The van der Waals surface area contributed by atoms with Crippen LogP contribution in [0.4, 0.5) is 0 Å². The number of hydrogen-bond acceptors (Lipinski definition) is 2. The lowest BCUT2D eigenvalue weighted by Crippen LogP contribution is -2.25. The third-order valence-electron chi connectivity index (χ3n) is 2.62. The molecule has 0 saturated carbocycles. The van der Waals surface area contributed by atoms with Gasteiger partial charge in [-0.15, -0.1) is 6.58 Å². The molecule has 0 spiro atoms. The first kappa shape index (κ1) is 11.5. The molecule has 0 aliphatic heterocycles. The average molecular weight is 210 g/mol. The quantitative estimate of drug-likeness (QED) is 0.694. The molecule has 0 aromatic carbocycles. The van der Waals surface area contributed by atoms with Gasteiger partial charge >= 0.3 is 11.9 Å². The number of hydrogen-bond donors (Lipinski definition) is 2. The summed E-state index contributed by atoms with van der Waals surface area (Å²) in [5.74, 6) is -3.01. The number of carboxylic acids is 2. The van der Waals surface area contributed by atoms with Crippen LogP contribution < -0.4 is 0 Å². The van der Waals surface area contributed by atoms with E-state index in [1.54, 1.807) is 6.08 Å². The van der Waals surface area contributed by atoms with E-state index in [4.69, 9.17) is 10.2 Å². The van der Waals surface area contributed by atoms with Crippen molar-refractivity contribution < 1.29 is 19.8 Å². The highest BCUT2D eigenvalue weighted by molar-refractivity contribution is 5.95. The van der Waals surface area contributed by atoms with Crippen LogP contribution in [0.3, 0.4) is 0 Å². The number of aliphatic carboxylic acids is 2. The van der Waals surface area contributed by atoms with Gasteiger partial charge in [-0.05, 0) is 25.7 Å². The molecule has 0 amide bonds. The van der Waals surface area contributed by atoms with Gasteiger partial charge in [0.15, 0.2) is 0 Å². The second-order valence-electron chi connectivity index (χ2n) is 3.60. The molecule has 82 valence electrons. The molecule has 4 heteroatoms. The van der Waals surface area contributed by atoms with Crippen LogP contribution in [0.15, 0.2) is 23.8 Å². The van der Waals surface area contributed by atoms with Crippen LogP contribution in [0.1, 0.15) is 25.7 Å². The van der Waals surface area contributed by atoms with Gasteiger partial charge in [0.1, 0.15) is 0 Å². The summed E-state index contributed by atoms with van der Waals surface area (Å²) >= 11 is 0. The second kappa shape index (κ2) is 4.77. The molecule has 1 unspecified atom stereocenters. The topological polar surface area (TPSA) is 74.6 Å². The zero-order chi connectivity index (χ0) is 11.4. The summed E-state index contributed by atoms with van der Waals surface area (Å²) in [6.07, 6.45) is 3.89. The Morgan fingerprint density at radius 3 is 2.60 bits per heavy atom. The molecule has 0 heterocycles. The van der Waals surface area contributed by atoms with Crippen molar-refractivity contribution in [2.75, 3.05) is 0 Å². The monoisotopic (exact) mass is 210 g/mol. The van der Waals surface area contributed by atoms with Gasteiger partial charge in [-0.2, -0.15) is 0 Å². The molecule has 0 bridgehead atoms. The number of rotatable bonds is 4. The molecule has 1 rings (SSSR count). The number of allylic oxidation sites excluding steroid dienone is 2. The van der Waals surface area contributed by atoms with Crippen molar-refractivity contribution in [1.82, 2.24) is 0 Å². The molecule has 1 atom stereocenters. The molecule has 4 nitrogen and oxygen atoms in total. The van der Waals surface area contributed by atoms with Gasteiger partial charge in [0.2, 0.25) is 0 Å². The molecular weight excluding hydrogens is 196 g/mol. The summed E-state index contributed by atoms with van der Waals surface area (Å²) in [5.41, 5.74) is 0.768. The van der Waals surface area contributed by atoms with Crippen LogP contribution in [-0.2, 0) is 9.59 Å². The van der Waals surface area contributed by atoms with Crippen molar-refractivity contribution in [2.45, 2.75) is 25.7 Å². The third-order valence-corrected chi connectivity index (χ3v) is 2.62. The van der Waals surface area contributed by atoms with Crippen LogP contribution in [0, 0.1) is 5.92 Å². The summed E-state index contributed by atoms with van der Waals surface area (Å²) in [4.78, 5) is 21.9. The molecule has 1 aliphatic rings. The summed E-state index contributed by atoms with van der Waals surface area (Å²) in [6, 6.07) is 0. The zero-order valence-corrected chi connectivity index (χ0v) is 8.40. The highest BCUT2D eigenvalue weighted by atomic mass is 16.4. The average Bonchev–Trinajstić information content (AvgIpc) is 2.17. The molecule has 0 fully saturated rings. The Balaban J connectivity index is 3.10. The normalized spacial score (nSPS) is 21.2. The van der Waals surface area contributed by atoms with Gasteiger partial charge in [-0.1, -0.05) is 11.6 Å². The molecule has 0 aromatic rings. The van der Waals surface area contributed by atoms with E-state index in [2.05, 4.69) is 6.58 Å². The molecule has 2 N–H and O–H groups in total. The zero-order valence-electron chi connectivity index (χ0n) is 8.40. The predicted octanol–water partition coefficient (Wildman–Crippen LogP) is 1.83. The second-order valence-corrected chi connectivity index (χ2v) is 3.60. The Morgan fingerprint density at radius 1 is 1.47 bits per heavy atom. The minimum atomic E-state index is -1.11. The van der Waals surface area contributed by atoms with Crippen molar-refractivity contribution in [3.05, 3.63) is 23.8 Å². The van der Waals surface area contributed by atoms with E-state index in [0.717, 1.165) is 6.42 Å². The smallest absolute Gasteiger partial charge is 0.332 e. The maximum atomic E-state index is 11.0. The molecule has 15 heavy (non-hydrogen) atoms. The van der Waals surface area contributed by atoms with Crippen LogP contribution in [-0.4, -0.2) is 22.2 Å². The summed E-state index contributed by atoms with van der Waals surface area (Å²) in [5, 5.41) is 17.9. The molecule has 0 saturated heterocycles. The van der Waals surface area contributed by atoms with E-state index in [1.807, 2.05) is 0 Å². The van der Waals surface area contributed by atoms with Crippen LogP contribution >= 0.6 is 0 Å². The van der Waals surface area contributed by atoms with Crippen LogP contribution in [0.5, 0.6) is 0 Å². The van der Waals surface area contributed by atoms with Crippen molar-refractivity contribution in [3.63, 3.8) is 0 Å². The minimum absolute atomic E-state index is 0.0636. The lowest BCUT2D eigenvalue weighted by Gasteiger charge is -2.22. The first-order chi connectivity index (χ1) is 7.07. The molecule has 0 aromatic heterocycles. The van der Waals surface area contributed by atoms with E-state index >= 15 is 0 Å². The SMILES string of the molecule is C=CCC1=C(C(=O)O)C(C(=O)O)CCC1. The van der Waals surface area contributed by atoms with Crippen molar-refractivity contribution in [1.29, 1.82) is 0 Å². The maximum absolute atomic E-state index is 11.0.